The van der Waals surface area contributed by atoms with Crippen molar-refractivity contribution >= 4 is 50.4 Å². The van der Waals surface area contributed by atoms with Crippen LogP contribution in [-0.2, 0) is 4.74 Å². The number of fused-ring (bicyclic) bond motifs is 3. The zero-order chi connectivity index (χ0) is 16.0. The first-order valence-corrected chi connectivity index (χ1v) is 8.75. The Morgan fingerprint density at radius 3 is 2.83 bits per heavy atom. The summed E-state index contributed by atoms with van der Waals surface area (Å²) in [5, 5.41) is 1.50. The van der Waals surface area contributed by atoms with Crippen LogP contribution >= 0.6 is 22.6 Å². The molecule has 1 saturated carbocycles. The number of pyridine rings is 1. The van der Waals surface area contributed by atoms with Crippen molar-refractivity contribution in [3.8, 4) is 0 Å². The van der Waals surface area contributed by atoms with Crippen LogP contribution in [0.3, 0.4) is 0 Å². The maximum absolute atomic E-state index is 12.6. The number of aromatic nitrogens is 2. The Kier molecular flexibility index (Phi) is 3.63. The Labute approximate surface area is 145 Å². The van der Waals surface area contributed by atoms with E-state index in [9.17, 15) is 9.59 Å². The topological polar surface area (TPSA) is 75.0 Å². The molecule has 118 valence electrons. The van der Waals surface area contributed by atoms with E-state index in [0.717, 1.165) is 40.2 Å². The second-order valence-electron chi connectivity index (χ2n) is 5.91. The predicted molar refractivity (Wildman–Crippen MR) is 96.8 cm³/mol. The molecular weight excluding hydrogens is 407 g/mol. The molecule has 23 heavy (non-hydrogen) atoms. The number of H-pyrrole nitrogens is 2. The monoisotopic (exact) mass is 422 g/mol. The van der Waals surface area contributed by atoms with Gasteiger partial charge >= 0.3 is 5.97 Å². The molecule has 0 amide bonds. The van der Waals surface area contributed by atoms with Gasteiger partial charge in [-0.05, 0) is 66.5 Å². The van der Waals surface area contributed by atoms with Crippen molar-refractivity contribution in [2.75, 3.05) is 0 Å². The van der Waals surface area contributed by atoms with E-state index in [0.29, 0.717) is 16.5 Å². The summed E-state index contributed by atoms with van der Waals surface area (Å²) in [6.07, 6.45) is 5.64. The Balaban J connectivity index is 1.89. The molecule has 0 bridgehead atoms. The third kappa shape index (κ3) is 2.54. The Bertz CT molecular complexity index is 967. The lowest BCUT2D eigenvalue weighted by Crippen LogP contribution is -2.15. The zero-order valence-electron chi connectivity index (χ0n) is 12.3. The van der Waals surface area contributed by atoms with Crippen LogP contribution in [0.5, 0.6) is 0 Å². The molecule has 1 aliphatic carbocycles. The van der Waals surface area contributed by atoms with Crippen molar-refractivity contribution in [1.29, 1.82) is 0 Å². The number of benzene rings is 1. The molecular formula is C17H15IN2O3. The number of halogens is 1. The fourth-order valence-electron chi connectivity index (χ4n) is 3.28. The van der Waals surface area contributed by atoms with Gasteiger partial charge in [0.2, 0.25) is 0 Å². The summed E-state index contributed by atoms with van der Waals surface area (Å²) in [7, 11) is 0. The molecule has 5 nitrogen and oxygen atoms in total. The number of hydrogen-bond donors (Lipinski definition) is 2. The molecule has 2 aromatic heterocycles. The van der Waals surface area contributed by atoms with Crippen molar-refractivity contribution in [3.63, 3.8) is 0 Å². The second kappa shape index (κ2) is 5.67. The summed E-state index contributed by atoms with van der Waals surface area (Å²) >= 11 is 2.22. The number of carbonyl (C=O) groups excluding carboxylic acids is 1. The molecule has 0 spiro atoms. The Morgan fingerprint density at radius 2 is 2.04 bits per heavy atom. The maximum Gasteiger partial charge on any atom is 0.340 e. The summed E-state index contributed by atoms with van der Waals surface area (Å²) in [5.74, 6) is -0.353. The van der Waals surface area contributed by atoms with Gasteiger partial charge in [0, 0.05) is 26.1 Å². The van der Waals surface area contributed by atoms with Gasteiger partial charge in [0.05, 0.1) is 5.56 Å². The lowest BCUT2D eigenvalue weighted by molar-refractivity contribution is 0.0320. The molecule has 6 heteroatoms. The van der Waals surface area contributed by atoms with Gasteiger partial charge in [-0.3, -0.25) is 4.79 Å². The van der Waals surface area contributed by atoms with Crippen molar-refractivity contribution in [1.82, 2.24) is 9.97 Å². The first-order valence-electron chi connectivity index (χ1n) is 7.67. The fourth-order valence-corrected chi connectivity index (χ4v) is 3.77. The maximum atomic E-state index is 12.6. The van der Waals surface area contributed by atoms with E-state index in [1.165, 1.54) is 0 Å². The van der Waals surface area contributed by atoms with E-state index in [1.807, 2.05) is 18.2 Å². The first-order chi connectivity index (χ1) is 11.1. The van der Waals surface area contributed by atoms with Gasteiger partial charge in [-0.1, -0.05) is 0 Å². The highest BCUT2D eigenvalue weighted by Crippen LogP contribution is 2.28. The highest BCUT2D eigenvalue weighted by Gasteiger charge is 2.23. The largest absolute Gasteiger partial charge is 0.459 e. The fraction of sp³-hybridized carbons (Fsp3) is 0.294. The number of carbonyl (C=O) groups is 1. The van der Waals surface area contributed by atoms with Crippen LogP contribution in [0.1, 0.15) is 36.0 Å². The van der Waals surface area contributed by atoms with Crippen molar-refractivity contribution in [2.24, 2.45) is 0 Å². The third-order valence-corrected chi connectivity index (χ3v) is 5.07. The number of ether oxygens (including phenoxy) is 1. The molecule has 3 aromatic rings. The molecule has 1 fully saturated rings. The lowest BCUT2D eigenvalue weighted by Gasteiger charge is -2.11. The molecule has 0 aliphatic heterocycles. The summed E-state index contributed by atoms with van der Waals surface area (Å²) < 4.78 is 6.65. The van der Waals surface area contributed by atoms with Gasteiger partial charge in [-0.2, -0.15) is 0 Å². The average molecular weight is 422 g/mol. The molecule has 0 radical (unpaired) electrons. The molecule has 4 rings (SSSR count). The zero-order valence-corrected chi connectivity index (χ0v) is 14.5. The molecule has 0 atom stereocenters. The molecule has 0 saturated heterocycles. The van der Waals surface area contributed by atoms with Crippen LogP contribution in [-0.4, -0.2) is 22.0 Å². The van der Waals surface area contributed by atoms with Crippen molar-refractivity contribution in [3.05, 3.63) is 43.9 Å². The van der Waals surface area contributed by atoms with Gasteiger partial charge < -0.3 is 14.7 Å². The van der Waals surface area contributed by atoms with Crippen LogP contribution in [0.2, 0.25) is 0 Å². The van der Waals surface area contributed by atoms with Gasteiger partial charge in [0.25, 0.3) is 5.56 Å². The van der Waals surface area contributed by atoms with Crippen LogP contribution in [0.15, 0.2) is 29.2 Å². The van der Waals surface area contributed by atoms with E-state index in [-0.39, 0.29) is 17.6 Å². The Hall–Kier alpha value is -1.83. The molecule has 1 aromatic carbocycles. The van der Waals surface area contributed by atoms with E-state index in [2.05, 4.69) is 32.6 Å². The number of hydrogen-bond acceptors (Lipinski definition) is 3. The van der Waals surface area contributed by atoms with E-state index in [1.54, 1.807) is 6.20 Å². The van der Waals surface area contributed by atoms with E-state index in [4.69, 9.17) is 4.74 Å². The Morgan fingerprint density at radius 1 is 1.26 bits per heavy atom. The molecule has 2 heterocycles. The molecule has 2 N–H and O–H groups in total. The van der Waals surface area contributed by atoms with Crippen LogP contribution < -0.4 is 5.56 Å². The van der Waals surface area contributed by atoms with Crippen LogP contribution in [0, 0.1) is 3.57 Å². The number of esters is 1. The van der Waals surface area contributed by atoms with Gasteiger partial charge in [0.15, 0.2) is 0 Å². The van der Waals surface area contributed by atoms with E-state index >= 15 is 0 Å². The van der Waals surface area contributed by atoms with Gasteiger partial charge in [-0.15, -0.1) is 0 Å². The smallest absolute Gasteiger partial charge is 0.340 e. The number of aromatic amines is 2. The summed E-state index contributed by atoms with van der Waals surface area (Å²) in [5.41, 5.74) is 1.34. The SMILES string of the molecule is O=C(OC1CCCC1)c1c[nH]c2c(=O)[nH]c3ccc(I)cc3c12. The highest BCUT2D eigenvalue weighted by molar-refractivity contribution is 14.1. The van der Waals surface area contributed by atoms with Crippen LogP contribution in [0.4, 0.5) is 0 Å². The standard InChI is InChI=1S/C17H15IN2O3/c18-9-5-6-13-11(7-9)14-12(8-19-15(14)16(21)20-13)17(22)23-10-3-1-2-4-10/h5-8,10,19H,1-4H2,(H,20,21). The quantitative estimate of drug-likeness (QED) is 0.489. The average Bonchev–Trinajstić information content (AvgIpc) is 3.17. The third-order valence-electron chi connectivity index (χ3n) is 4.40. The number of nitrogens with one attached hydrogen (secondary N) is 2. The van der Waals surface area contributed by atoms with Gasteiger partial charge in [-0.25, -0.2) is 4.79 Å². The second-order valence-corrected chi connectivity index (χ2v) is 7.15. The summed E-state index contributed by atoms with van der Waals surface area (Å²) in [6.45, 7) is 0. The minimum absolute atomic E-state index is 0.000784. The first kappa shape index (κ1) is 14.7. The van der Waals surface area contributed by atoms with Crippen LogP contribution in [0.25, 0.3) is 21.8 Å². The molecule has 1 aliphatic rings. The summed E-state index contributed by atoms with van der Waals surface area (Å²) in [4.78, 5) is 30.5. The summed E-state index contributed by atoms with van der Waals surface area (Å²) in [6, 6.07) is 5.75. The van der Waals surface area contributed by atoms with Gasteiger partial charge in [0.1, 0.15) is 11.6 Å². The van der Waals surface area contributed by atoms with Crippen molar-refractivity contribution in [2.45, 2.75) is 31.8 Å². The minimum atomic E-state index is -0.353. The van der Waals surface area contributed by atoms with E-state index < -0.39 is 0 Å². The molecule has 0 unspecified atom stereocenters. The highest BCUT2D eigenvalue weighted by atomic mass is 127. The number of rotatable bonds is 2. The lowest BCUT2D eigenvalue weighted by atomic mass is 10.1. The van der Waals surface area contributed by atoms with Crippen molar-refractivity contribution < 1.29 is 9.53 Å². The predicted octanol–water partition coefficient (Wildman–Crippen LogP) is 3.71. The normalized spacial score (nSPS) is 15.5. The minimum Gasteiger partial charge on any atom is -0.459 e.